The highest BCUT2D eigenvalue weighted by atomic mass is 16.5. The molecule has 0 fully saturated rings. The van der Waals surface area contributed by atoms with Gasteiger partial charge in [0.1, 0.15) is 0 Å². The van der Waals surface area contributed by atoms with Gasteiger partial charge in [-0.2, -0.15) is 0 Å². The smallest absolute Gasteiger partial charge is 0.248 e. The summed E-state index contributed by atoms with van der Waals surface area (Å²) in [5, 5.41) is 18.4. The van der Waals surface area contributed by atoms with E-state index in [9.17, 15) is 0 Å². The second kappa shape index (κ2) is 67.9. The van der Waals surface area contributed by atoms with Gasteiger partial charge in [-0.15, -0.1) is 20.4 Å². The number of rotatable bonds is 76. The highest BCUT2D eigenvalue weighted by Crippen LogP contribution is 2.45. The van der Waals surface area contributed by atoms with E-state index >= 15 is 0 Å². The van der Waals surface area contributed by atoms with E-state index in [1.54, 1.807) is 0 Å². The SMILES string of the molecule is CCCCCCCCCCCCOc1cc(-c2nnc(-c3ccc(C#CC#Cc4ccc(-c5nnc(-c6cc(OCCCCCCCCCCCC)c(OCCCCCCCCCCCC)c(OCCCCCCCCCCCC)c6)o5)cc4)cc3)o2)cc(OCCCCCCCCCCCC)c1OCCCCCCCCCCCC. The number of ether oxygens (including phenoxy) is 6. The quantitative estimate of drug-likeness (QED) is 0.0266. The average Bonchev–Trinajstić information content (AvgIpc) is 1.50. The largest absolute Gasteiger partial charge is 0.490 e. The zero-order valence-corrected chi connectivity index (χ0v) is 74.7. The Labute approximate surface area is 708 Å². The van der Waals surface area contributed by atoms with Crippen LogP contribution in [-0.2, 0) is 0 Å². The fourth-order valence-electron chi connectivity index (χ4n) is 15.2. The fraction of sp³-hybridized carbons (Fsp3) is 0.692. The van der Waals surface area contributed by atoms with Crippen LogP contribution in [0.1, 0.15) is 438 Å². The first-order valence-electron chi connectivity index (χ1n) is 48.5. The Kier molecular flexibility index (Phi) is 57.3. The molecule has 12 heteroatoms. The summed E-state index contributed by atoms with van der Waals surface area (Å²) in [5.74, 6) is 18.3. The van der Waals surface area contributed by atoms with Crippen molar-refractivity contribution in [3.05, 3.63) is 83.9 Å². The van der Waals surface area contributed by atoms with Crippen LogP contribution in [0.15, 0.2) is 81.6 Å². The van der Waals surface area contributed by atoms with Gasteiger partial charge >= 0.3 is 0 Å². The molecule has 0 atom stereocenters. The maximum Gasteiger partial charge on any atom is 0.248 e. The lowest BCUT2D eigenvalue weighted by atomic mass is 10.1. The first-order valence-corrected chi connectivity index (χ1v) is 48.5. The van der Waals surface area contributed by atoms with Gasteiger partial charge in [0.2, 0.25) is 35.1 Å². The van der Waals surface area contributed by atoms with E-state index in [1.165, 1.54) is 308 Å². The molecule has 116 heavy (non-hydrogen) atoms. The molecule has 0 aliphatic rings. The molecule has 0 bridgehead atoms. The second-order valence-electron chi connectivity index (χ2n) is 33.3. The normalized spacial score (nSPS) is 11.3. The Morgan fingerprint density at radius 1 is 0.207 bits per heavy atom. The van der Waals surface area contributed by atoms with Gasteiger partial charge in [0.15, 0.2) is 23.0 Å². The summed E-state index contributed by atoms with van der Waals surface area (Å²) < 4.78 is 53.3. The predicted molar refractivity (Wildman–Crippen MR) is 488 cm³/mol. The summed E-state index contributed by atoms with van der Waals surface area (Å²) in [6, 6.07) is 23.8. The standard InChI is InChI=1S/C104H162N4O8/c1-7-13-19-25-31-37-43-49-55-63-79-109-95-85-93(86-96(110-80-64-56-50-44-38-32-26-20-14-8-2)99(95)113-83-67-59-53-47-41-35-29-23-17-11-5)103-107-105-101(115-103)91-75-71-89(72-76-91)69-61-62-70-90-73-77-92(78-74-90)102-106-108-104(116-102)94-87-97(111-81-65-57-51-45-39-33-27-21-15-9-3)100(114-84-68-60-54-48-42-36-30-24-18-12-6)98(88-94)112-82-66-58-52-46-40-34-28-22-16-10-4/h71-78,85-88H,7-60,63-68,79-84H2,1-6H3. The number of aromatic nitrogens is 4. The third-order valence-electron chi connectivity index (χ3n) is 22.6. The van der Waals surface area contributed by atoms with Gasteiger partial charge < -0.3 is 37.3 Å². The van der Waals surface area contributed by atoms with Crippen LogP contribution < -0.4 is 28.4 Å². The molecule has 6 rings (SSSR count). The Morgan fingerprint density at radius 3 is 0.578 bits per heavy atom. The van der Waals surface area contributed by atoms with Crippen molar-refractivity contribution in [1.29, 1.82) is 0 Å². The molecule has 0 N–H and O–H groups in total. The van der Waals surface area contributed by atoms with Crippen LogP contribution in [0.3, 0.4) is 0 Å². The monoisotopic (exact) mass is 1600 g/mol. The lowest BCUT2D eigenvalue weighted by Gasteiger charge is -2.18. The van der Waals surface area contributed by atoms with Gasteiger partial charge in [0.25, 0.3) is 0 Å². The molecule has 4 aromatic carbocycles. The number of hydrogen-bond donors (Lipinski definition) is 0. The topological polar surface area (TPSA) is 133 Å². The lowest BCUT2D eigenvalue weighted by Crippen LogP contribution is -2.07. The molecule has 2 heterocycles. The van der Waals surface area contributed by atoms with E-state index in [4.69, 9.17) is 37.3 Å². The molecule has 6 aromatic rings. The fourth-order valence-corrected chi connectivity index (χ4v) is 15.2. The summed E-state index contributed by atoms with van der Waals surface area (Å²) in [6.07, 6.45) is 75.9. The molecule has 12 nitrogen and oxygen atoms in total. The second-order valence-corrected chi connectivity index (χ2v) is 33.3. The van der Waals surface area contributed by atoms with Crippen LogP contribution in [-0.4, -0.2) is 60.0 Å². The van der Waals surface area contributed by atoms with Crippen molar-refractivity contribution in [3.8, 4) is 104 Å². The van der Waals surface area contributed by atoms with Crippen LogP contribution >= 0.6 is 0 Å². The van der Waals surface area contributed by atoms with Gasteiger partial charge in [0, 0.05) is 33.4 Å². The minimum atomic E-state index is 0.396. The van der Waals surface area contributed by atoms with Gasteiger partial charge in [-0.25, -0.2) is 0 Å². The van der Waals surface area contributed by atoms with Crippen LogP contribution in [0, 0.1) is 23.7 Å². The number of hydrogen-bond acceptors (Lipinski definition) is 12. The molecule has 646 valence electrons. The average molecular weight is 1600 g/mol. The van der Waals surface area contributed by atoms with Crippen LogP contribution in [0.4, 0.5) is 0 Å². The number of unbranched alkanes of at least 4 members (excludes halogenated alkanes) is 54. The molecule has 0 aliphatic heterocycles. The van der Waals surface area contributed by atoms with Crippen molar-refractivity contribution < 1.29 is 37.3 Å². The number of nitrogens with zero attached hydrogens (tertiary/aromatic N) is 4. The number of benzene rings is 4. The minimum Gasteiger partial charge on any atom is -0.490 e. The Bertz CT molecular complexity index is 3140. The summed E-state index contributed by atoms with van der Waals surface area (Å²) in [6.45, 7) is 17.3. The van der Waals surface area contributed by atoms with E-state index in [0.717, 1.165) is 110 Å². The third kappa shape index (κ3) is 44.8. The molecule has 0 aliphatic carbocycles. The zero-order chi connectivity index (χ0) is 81.7. The van der Waals surface area contributed by atoms with E-state index in [1.807, 2.05) is 72.8 Å². The van der Waals surface area contributed by atoms with E-state index in [-0.39, 0.29) is 0 Å². The van der Waals surface area contributed by atoms with Gasteiger partial charge in [-0.3, -0.25) is 0 Å². The van der Waals surface area contributed by atoms with Crippen LogP contribution in [0.5, 0.6) is 34.5 Å². The molecule has 0 saturated carbocycles. The third-order valence-corrected chi connectivity index (χ3v) is 22.6. The predicted octanol–water partition coefficient (Wildman–Crippen LogP) is 32.3. The van der Waals surface area contributed by atoms with Crippen molar-refractivity contribution in [2.75, 3.05) is 39.6 Å². The summed E-state index contributed by atoms with van der Waals surface area (Å²) in [4.78, 5) is 0. The maximum absolute atomic E-state index is 6.73. The zero-order valence-electron chi connectivity index (χ0n) is 74.7. The van der Waals surface area contributed by atoms with Crippen molar-refractivity contribution in [1.82, 2.24) is 20.4 Å². The molecular weight excluding hydrogens is 1430 g/mol. The molecule has 0 saturated heterocycles. The van der Waals surface area contributed by atoms with Gasteiger partial charge in [0.05, 0.1) is 39.6 Å². The summed E-state index contributed by atoms with van der Waals surface area (Å²) in [7, 11) is 0. The highest BCUT2D eigenvalue weighted by Gasteiger charge is 2.23. The molecule has 0 spiro atoms. The van der Waals surface area contributed by atoms with Crippen molar-refractivity contribution in [2.45, 2.75) is 427 Å². The Balaban J connectivity index is 1.13. The Hall–Kier alpha value is -6.92. The summed E-state index contributed by atoms with van der Waals surface area (Å²) >= 11 is 0. The highest BCUT2D eigenvalue weighted by molar-refractivity contribution is 5.68. The van der Waals surface area contributed by atoms with Crippen molar-refractivity contribution >= 4 is 0 Å². The van der Waals surface area contributed by atoms with E-state index in [0.29, 0.717) is 97.7 Å². The molecular formula is C104H162N4O8. The van der Waals surface area contributed by atoms with Crippen LogP contribution in [0.2, 0.25) is 0 Å². The molecule has 0 amide bonds. The molecule has 0 unspecified atom stereocenters. The van der Waals surface area contributed by atoms with E-state index in [2.05, 4.69) is 85.6 Å². The van der Waals surface area contributed by atoms with E-state index < -0.39 is 0 Å². The van der Waals surface area contributed by atoms with Crippen molar-refractivity contribution in [2.24, 2.45) is 0 Å². The lowest BCUT2D eigenvalue weighted by molar-refractivity contribution is 0.234. The summed E-state index contributed by atoms with van der Waals surface area (Å²) in [5.41, 5.74) is 4.70. The first-order chi connectivity index (χ1) is 57.5. The molecule has 0 radical (unpaired) electrons. The van der Waals surface area contributed by atoms with Crippen LogP contribution in [0.25, 0.3) is 45.8 Å². The first kappa shape index (κ1) is 97.9. The van der Waals surface area contributed by atoms with Gasteiger partial charge in [-0.1, -0.05) is 400 Å². The Morgan fingerprint density at radius 2 is 0.379 bits per heavy atom. The minimum absolute atomic E-state index is 0.396. The molecule has 2 aromatic heterocycles. The van der Waals surface area contributed by atoms with Crippen molar-refractivity contribution in [3.63, 3.8) is 0 Å². The maximum atomic E-state index is 6.73. The van der Waals surface area contributed by atoms with Gasteiger partial charge in [-0.05, 0) is 123 Å².